The molecule has 0 aliphatic carbocycles. The lowest BCUT2D eigenvalue weighted by atomic mass is 10.1. The van der Waals surface area contributed by atoms with Gasteiger partial charge < -0.3 is 16.4 Å². The Kier molecular flexibility index (Phi) is 5.48. The Morgan fingerprint density at radius 1 is 1.17 bits per heavy atom. The van der Waals surface area contributed by atoms with E-state index in [0.717, 1.165) is 22.6 Å². The Balaban J connectivity index is 2.05. The quantitative estimate of drug-likeness (QED) is 0.707. The highest BCUT2D eigenvalue weighted by atomic mass is 16.2. The molecule has 0 saturated heterocycles. The minimum absolute atomic E-state index is 0.0852. The van der Waals surface area contributed by atoms with Crippen molar-refractivity contribution in [2.75, 3.05) is 13.1 Å². The van der Waals surface area contributed by atoms with Gasteiger partial charge in [0.2, 0.25) is 11.8 Å². The van der Waals surface area contributed by atoms with Crippen LogP contribution in [0.5, 0.6) is 0 Å². The van der Waals surface area contributed by atoms with Gasteiger partial charge in [0.1, 0.15) is 0 Å². The molecular formula is C16H21N5O2. The van der Waals surface area contributed by atoms with E-state index < -0.39 is 0 Å². The summed E-state index contributed by atoms with van der Waals surface area (Å²) in [6.45, 7) is 4.06. The molecule has 23 heavy (non-hydrogen) atoms. The summed E-state index contributed by atoms with van der Waals surface area (Å²) in [5.41, 5.74) is 8.99. The number of hydrogen-bond acceptors (Lipinski definition) is 4. The molecule has 0 aliphatic rings. The van der Waals surface area contributed by atoms with E-state index in [1.807, 2.05) is 48.9 Å². The topological polar surface area (TPSA) is 102 Å². The van der Waals surface area contributed by atoms with Gasteiger partial charge >= 0.3 is 0 Å². The maximum Gasteiger partial charge on any atom is 0.239 e. The summed E-state index contributed by atoms with van der Waals surface area (Å²) in [7, 11) is 0. The maximum absolute atomic E-state index is 11.8. The van der Waals surface area contributed by atoms with Crippen LogP contribution in [-0.2, 0) is 16.1 Å². The molecule has 7 heteroatoms. The zero-order valence-corrected chi connectivity index (χ0v) is 13.3. The largest absolute Gasteiger partial charge is 0.350 e. The Labute approximate surface area is 134 Å². The third-order valence-corrected chi connectivity index (χ3v) is 3.34. The van der Waals surface area contributed by atoms with Crippen LogP contribution in [0.1, 0.15) is 17.0 Å². The number of rotatable bonds is 6. The van der Waals surface area contributed by atoms with Gasteiger partial charge in [-0.3, -0.25) is 9.59 Å². The highest BCUT2D eigenvalue weighted by molar-refractivity contribution is 5.85. The number of hydrogen-bond donors (Lipinski definition) is 3. The van der Waals surface area contributed by atoms with Gasteiger partial charge in [-0.15, -0.1) is 0 Å². The van der Waals surface area contributed by atoms with E-state index in [9.17, 15) is 9.59 Å². The van der Waals surface area contributed by atoms with Gasteiger partial charge in [0, 0.05) is 12.2 Å². The molecule has 1 heterocycles. The molecule has 7 nitrogen and oxygen atoms in total. The number of benzene rings is 1. The predicted molar refractivity (Wildman–Crippen MR) is 86.9 cm³/mol. The lowest BCUT2D eigenvalue weighted by Crippen LogP contribution is -2.39. The summed E-state index contributed by atoms with van der Waals surface area (Å²) in [6, 6.07) is 9.73. The molecule has 122 valence electrons. The fraction of sp³-hybridized carbons (Fsp3) is 0.312. The van der Waals surface area contributed by atoms with E-state index in [4.69, 9.17) is 5.73 Å². The smallest absolute Gasteiger partial charge is 0.239 e. The molecular weight excluding hydrogens is 294 g/mol. The lowest BCUT2D eigenvalue weighted by molar-refractivity contribution is -0.125. The number of nitrogens with zero attached hydrogens (tertiary/aromatic N) is 2. The summed E-state index contributed by atoms with van der Waals surface area (Å²) in [6.07, 6.45) is 0. The highest BCUT2D eigenvalue weighted by Gasteiger charge is 2.10. The molecule has 2 rings (SSSR count). The number of para-hydroxylation sites is 1. The van der Waals surface area contributed by atoms with Crippen LogP contribution in [0.3, 0.4) is 0 Å². The lowest BCUT2D eigenvalue weighted by Gasteiger charge is -2.12. The Hall–Kier alpha value is -2.67. The number of aromatic nitrogens is 2. The standard InChI is InChI=1S/C16H21N5O2/c1-11-7-12(2)21(20-11)14-6-4-3-5-13(14)9-18-16(23)10-19-15(22)8-17/h3-7H,8-10,17H2,1-2H3,(H,18,23)(H,19,22). The number of amides is 2. The fourth-order valence-electron chi connectivity index (χ4n) is 2.25. The molecule has 0 saturated carbocycles. The average molecular weight is 315 g/mol. The molecule has 0 unspecified atom stereocenters. The van der Waals surface area contributed by atoms with Crippen molar-refractivity contribution in [3.63, 3.8) is 0 Å². The van der Waals surface area contributed by atoms with Crippen LogP contribution in [-0.4, -0.2) is 34.7 Å². The number of nitrogens with two attached hydrogens (primary N) is 1. The molecule has 0 atom stereocenters. The zero-order chi connectivity index (χ0) is 16.8. The van der Waals surface area contributed by atoms with Gasteiger partial charge in [0.15, 0.2) is 0 Å². The monoisotopic (exact) mass is 315 g/mol. The van der Waals surface area contributed by atoms with Crippen LogP contribution in [0.15, 0.2) is 30.3 Å². The second-order valence-corrected chi connectivity index (χ2v) is 5.23. The molecule has 2 aromatic rings. The predicted octanol–water partition coefficient (Wildman–Crippen LogP) is 0.180. The molecule has 0 fully saturated rings. The van der Waals surface area contributed by atoms with Gasteiger partial charge in [-0.2, -0.15) is 5.10 Å². The van der Waals surface area contributed by atoms with E-state index in [1.165, 1.54) is 0 Å². The van der Waals surface area contributed by atoms with Crippen LogP contribution in [0.2, 0.25) is 0 Å². The summed E-state index contributed by atoms with van der Waals surface area (Å²) in [5, 5.41) is 9.68. The van der Waals surface area contributed by atoms with Crippen molar-refractivity contribution in [3.05, 3.63) is 47.3 Å². The first-order valence-corrected chi connectivity index (χ1v) is 7.36. The molecule has 2 amide bonds. The Morgan fingerprint density at radius 3 is 2.57 bits per heavy atom. The molecule has 0 spiro atoms. The summed E-state index contributed by atoms with van der Waals surface area (Å²) in [5.74, 6) is -0.627. The molecule has 1 aromatic heterocycles. The number of carbonyl (C=O) groups excluding carboxylic acids is 2. The molecule has 0 radical (unpaired) electrons. The van der Waals surface area contributed by atoms with E-state index in [0.29, 0.717) is 6.54 Å². The number of aryl methyl sites for hydroxylation is 2. The van der Waals surface area contributed by atoms with Crippen LogP contribution >= 0.6 is 0 Å². The van der Waals surface area contributed by atoms with Crippen LogP contribution in [0, 0.1) is 13.8 Å². The van der Waals surface area contributed by atoms with Gasteiger partial charge in [-0.25, -0.2) is 4.68 Å². The maximum atomic E-state index is 11.8. The van der Waals surface area contributed by atoms with Gasteiger partial charge in [0.05, 0.1) is 24.5 Å². The zero-order valence-electron chi connectivity index (χ0n) is 13.3. The van der Waals surface area contributed by atoms with Crippen molar-refractivity contribution in [1.29, 1.82) is 0 Å². The van der Waals surface area contributed by atoms with Crippen molar-refractivity contribution >= 4 is 11.8 Å². The molecule has 0 bridgehead atoms. The SMILES string of the molecule is Cc1cc(C)n(-c2ccccc2CNC(=O)CNC(=O)CN)n1. The van der Waals surface area contributed by atoms with Crippen LogP contribution in [0.25, 0.3) is 5.69 Å². The summed E-state index contributed by atoms with van der Waals surface area (Å²) >= 11 is 0. The van der Waals surface area contributed by atoms with Gasteiger partial charge in [0.25, 0.3) is 0 Å². The van der Waals surface area contributed by atoms with Crippen molar-refractivity contribution in [3.8, 4) is 5.69 Å². The van der Waals surface area contributed by atoms with Gasteiger partial charge in [-0.1, -0.05) is 18.2 Å². The third-order valence-electron chi connectivity index (χ3n) is 3.34. The number of carbonyl (C=O) groups is 2. The van der Waals surface area contributed by atoms with Crippen LogP contribution < -0.4 is 16.4 Å². The summed E-state index contributed by atoms with van der Waals surface area (Å²) < 4.78 is 1.85. The normalized spacial score (nSPS) is 10.4. The van der Waals surface area contributed by atoms with Crippen molar-refractivity contribution < 1.29 is 9.59 Å². The minimum Gasteiger partial charge on any atom is -0.350 e. The van der Waals surface area contributed by atoms with E-state index in [2.05, 4.69) is 15.7 Å². The first kappa shape index (κ1) is 16.7. The average Bonchev–Trinajstić information content (AvgIpc) is 2.89. The Morgan fingerprint density at radius 2 is 1.91 bits per heavy atom. The second kappa shape index (κ2) is 7.55. The van der Waals surface area contributed by atoms with E-state index in [1.54, 1.807) is 0 Å². The fourth-order valence-corrected chi connectivity index (χ4v) is 2.25. The third kappa shape index (κ3) is 4.40. The second-order valence-electron chi connectivity index (χ2n) is 5.23. The van der Waals surface area contributed by atoms with Crippen LogP contribution in [0.4, 0.5) is 0 Å². The van der Waals surface area contributed by atoms with E-state index >= 15 is 0 Å². The summed E-state index contributed by atoms with van der Waals surface area (Å²) in [4.78, 5) is 22.8. The number of nitrogens with one attached hydrogen (secondary N) is 2. The van der Waals surface area contributed by atoms with Crippen molar-refractivity contribution in [1.82, 2.24) is 20.4 Å². The highest BCUT2D eigenvalue weighted by Crippen LogP contribution is 2.16. The van der Waals surface area contributed by atoms with Crippen molar-refractivity contribution in [2.24, 2.45) is 5.73 Å². The first-order chi connectivity index (χ1) is 11.0. The van der Waals surface area contributed by atoms with Crippen molar-refractivity contribution in [2.45, 2.75) is 20.4 Å². The molecule has 1 aromatic carbocycles. The molecule has 0 aliphatic heterocycles. The minimum atomic E-state index is -0.358. The molecule has 4 N–H and O–H groups in total. The van der Waals surface area contributed by atoms with E-state index in [-0.39, 0.29) is 24.9 Å². The van der Waals surface area contributed by atoms with Gasteiger partial charge in [-0.05, 0) is 31.5 Å². The Bertz CT molecular complexity index is 708. The first-order valence-electron chi connectivity index (χ1n) is 7.36.